The Bertz CT molecular complexity index is 498. The molecule has 0 aliphatic carbocycles. The minimum absolute atomic E-state index is 0.106. The molecule has 2 rings (SSSR count). The van der Waals surface area contributed by atoms with E-state index in [-0.39, 0.29) is 6.61 Å². The van der Waals surface area contributed by atoms with Crippen LogP contribution in [0.4, 0.5) is 0 Å². The lowest BCUT2D eigenvalue weighted by Crippen LogP contribution is -2.38. The molecule has 1 N–H and O–H groups in total. The highest BCUT2D eigenvalue weighted by Crippen LogP contribution is 2.18. The molecule has 0 atom stereocenters. The Hall–Kier alpha value is -1.54. The molecule has 21 heavy (non-hydrogen) atoms. The topological polar surface area (TPSA) is 41.9 Å². The lowest BCUT2D eigenvalue weighted by atomic mass is 10.1. The maximum absolute atomic E-state index is 8.71. The minimum atomic E-state index is 0.106. The largest absolute Gasteiger partial charge is 0.492 e. The van der Waals surface area contributed by atoms with Gasteiger partial charge in [0, 0.05) is 31.6 Å². The number of hydrogen-bond donors (Lipinski definition) is 1. The molecule has 1 aromatic rings. The molecule has 0 unspecified atom stereocenters. The normalized spacial score (nSPS) is 15.3. The summed E-state index contributed by atoms with van der Waals surface area (Å²) in [6.45, 7) is 7.37. The monoisotopic (exact) mass is 289 g/mol. The van der Waals surface area contributed by atoms with E-state index in [1.807, 2.05) is 25.1 Å². The fourth-order valence-electron chi connectivity index (χ4n) is 2.22. The van der Waals surface area contributed by atoms with E-state index in [9.17, 15) is 0 Å². The number of rotatable bonds is 5. The zero-order valence-corrected chi connectivity index (χ0v) is 12.6. The van der Waals surface area contributed by atoms with Gasteiger partial charge in [0.25, 0.3) is 0 Å². The van der Waals surface area contributed by atoms with Crippen molar-refractivity contribution in [2.24, 2.45) is 0 Å². The van der Waals surface area contributed by atoms with Crippen LogP contribution in [-0.2, 0) is 4.74 Å². The molecule has 1 heterocycles. The van der Waals surface area contributed by atoms with Gasteiger partial charge in [0.15, 0.2) is 0 Å². The van der Waals surface area contributed by atoms with Crippen molar-refractivity contribution in [1.82, 2.24) is 4.90 Å². The quantitative estimate of drug-likeness (QED) is 0.833. The molecule has 1 saturated heterocycles. The summed E-state index contributed by atoms with van der Waals surface area (Å²) in [5.41, 5.74) is 2.05. The van der Waals surface area contributed by atoms with Crippen molar-refractivity contribution in [2.45, 2.75) is 13.3 Å². The van der Waals surface area contributed by atoms with E-state index in [0.717, 1.165) is 49.7 Å². The van der Waals surface area contributed by atoms with Crippen LogP contribution in [0, 0.1) is 18.8 Å². The minimum Gasteiger partial charge on any atom is -0.492 e. The van der Waals surface area contributed by atoms with Crippen molar-refractivity contribution >= 4 is 0 Å². The first-order valence-corrected chi connectivity index (χ1v) is 7.43. The van der Waals surface area contributed by atoms with Crippen LogP contribution in [0.3, 0.4) is 0 Å². The molecule has 1 aliphatic rings. The first-order chi connectivity index (χ1) is 10.3. The van der Waals surface area contributed by atoms with Crippen LogP contribution in [0.1, 0.15) is 17.5 Å². The lowest BCUT2D eigenvalue weighted by molar-refractivity contribution is 0.0322. The summed E-state index contributed by atoms with van der Waals surface area (Å²) in [5, 5.41) is 8.71. The molecule has 4 nitrogen and oxygen atoms in total. The van der Waals surface area contributed by atoms with Crippen LogP contribution in [0.2, 0.25) is 0 Å². The average molecular weight is 289 g/mol. The highest BCUT2D eigenvalue weighted by atomic mass is 16.5. The first-order valence-electron chi connectivity index (χ1n) is 7.43. The summed E-state index contributed by atoms with van der Waals surface area (Å²) in [7, 11) is 0. The smallest absolute Gasteiger partial charge is 0.122 e. The van der Waals surface area contributed by atoms with Crippen LogP contribution in [0.5, 0.6) is 5.75 Å². The van der Waals surface area contributed by atoms with Crippen LogP contribution in [0.25, 0.3) is 0 Å². The van der Waals surface area contributed by atoms with Gasteiger partial charge in [-0.3, -0.25) is 4.90 Å². The second-order valence-corrected chi connectivity index (χ2v) is 5.06. The van der Waals surface area contributed by atoms with Crippen molar-refractivity contribution in [3.8, 4) is 17.6 Å². The fraction of sp³-hybridized carbons (Fsp3) is 0.529. The molecule has 0 aromatic heterocycles. The third-order valence-electron chi connectivity index (χ3n) is 3.41. The Morgan fingerprint density at radius 3 is 2.86 bits per heavy atom. The van der Waals surface area contributed by atoms with E-state index in [2.05, 4.69) is 16.7 Å². The first kappa shape index (κ1) is 15.8. The Morgan fingerprint density at radius 1 is 1.33 bits per heavy atom. The summed E-state index contributed by atoms with van der Waals surface area (Å²) in [4.78, 5) is 2.35. The molecule has 1 aliphatic heterocycles. The van der Waals surface area contributed by atoms with Gasteiger partial charge in [0.1, 0.15) is 12.4 Å². The molecular weight excluding hydrogens is 266 g/mol. The molecule has 0 spiro atoms. The molecule has 0 saturated carbocycles. The Balaban J connectivity index is 1.82. The highest BCUT2D eigenvalue weighted by Gasteiger charge is 2.10. The maximum Gasteiger partial charge on any atom is 0.122 e. The van der Waals surface area contributed by atoms with Gasteiger partial charge in [-0.25, -0.2) is 0 Å². The van der Waals surface area contributed by atoms with E-state index in [0.29, 0.717) is 13.0 Å². The van der Waals surface area contributed by atoms with Gasteiger partial charge in [-0.15, -0.1) is 0 Å². The van der Waals surface area contributed by atoms with Crippen LogP contribution in [0.15, 0.2) is 18.2 Å². The SMILES string of the molecule is Cc1cc(C#CCCO)ccc1OCCN1CCOCC1. The van der Waals surface area contributed by atoms with Gasteiger partial charge in [-0.2, -0.15) is 0 Å². The Morgan fingerprint density at radius 2 is 2.14 bits per heavy atom. The van der Waals surface area contributed by atoms with E-state index in [4.69, 9.17) is 14.6 Å². The molecule has 1 fully saturated rings. The molecule has 114 valence electrons. The predicted octanol–water partition coefficient (Wildman–Crippen LogP) is 1.44. The number of benzene rings is 1. The third-order valence-corrected chi connectivity index (χ3v) is 3.41. The number of ether oxygens (including phenoxy) is 2. The van der Waals surface area contributed by atoms with Gasteiger partial charge in [-0.1, -0.05) is 11.8 Å². The lowest BCUT2D eigenvalue weighted by Gasteiger charge is -2.26. The standard InChI is InChI=1S/C17H23NO3/c1-15-14-16(4-2-3-10-19)5-6-17(15)21-13-9-18-7-11-20-12-8-18/h5-6,14,19H,3,7-13H2,1H3. The van der Waals surface area contributed by atoms with Crippen molar-refractivity contribution in [2.75, 3.05) is 46.1 Å². The van der Waals surface area contributed by atoms with Gasteiger partial charge in [0.05, 0.1) is 19.8 Å². The summed E-state index contributed by atoms with van der Waals surface area (Å²) >= 11 is 0. The summed E-state index contributed by atoms with van der Waals surface area (Å²) in [5.74, 6) is 6.87. The van der Waals surface area contributed by atoms with Gasteiger partial charge in [0.2, 0.25) is 0 Å². The molecular formula is C17H23NO3. The highest BCUT2D eigenvalue weighted by molar-refractivity contribution is 5.43. The van der Waals surface area contributed by atoms with Crippen LogP contribution < -0.4 is 4.74 Å². The van der Waals surface area contributed by atoms with E-state index < -0.39 is 0 Å². The number of aliphatic hydroxyl groups is 1. The average Bonchev–Trinajstić information content (AvgIpc) is 2.51. The molecule has 0 bridgehead atoms. The van der Waals surface area contributed by atoms with Crippen LogP contribution >= 0.6 is 0 Å². The number of aliphatic hydroxyl groups excluding tert-OH is 1. The summed E-state index contributed by atoms with van der Waals surface area (Å²) < 4.78 is 11.2. The summed E-state index contributed by atoms with van der Waals surface area (Å²) in [6.07, 6.45) is 0.511. The fourth-order valence-corrected chi connectivity index (χ4v) is 2.22. The maximum atomic E-state index is 8.71. The number of hydrogen-bond acceptors (Lipinski definition) is 4. The van der Waals surface area contributed by atoms with Crippen LogP contribution in [-0.4, -0.2) is 56.1 Å². The van der Waals surface area contributed by atoms with Gasteiger partial charge in [-0.05, 0) is 30.7 Å². The third kappa shape index (κ3) is 5.39. The second kappa shape index (κ2) is 8.68. The number of nitrogens with zero attached hydrogens (tertiary/aromatic N) is 1. The van der Waals surface area contributed by atoms with Crippen molar-refractivity contribution < 1.29 is 14.6 Å². The zero-order valence-electron chi connectivity index (χ0n) is 12.6. The number of aryl methyl sites for hydroxylation is 1. The van der Waals surface area contributed by atoms with Crippen molar-refractivity contribution in [3.05, 3.63) is 29.3 Å². The number of morpholine rings is 1. The predicted molar refractivity (Wildman–Crippen MR) is 82.5 cm³/mol. The molecule has 1 aromatic carbocycles. The Labute approximate surface area is 126 Å². The van der Waals surface area contributed by atoms with Gasteiger partial charge >= 0.3 is 0 Å². The van der Waals surface area contributed by atoms with E-state index in [1.165, 1.54) is 0 Å². The molecule has 4 heteroatoms. The second-order valence-electron chi connectivity index (χ2n) is 5.06. The van der Waals surface area contributed by atoms with Gasteiger partial charge < -0.3 is 14.6 Å². The van der Waals surface area contributed by atoms with E-state index >= 15 is 0 Å². The van der Waals surface area contributed by atoms with Crippen molar-refractivity contribution in [3.63, 3.8) is 0 Å². The van der Waals surface area contributed by atoms with E-state index in [1.54, 1.807) is 0 Å². The molecule has 0 amide bonds. The summed E-state index contributed by atoms with van der Waals surface area (Å²) in [6, 6.07) is 5.95. The van der Waals surface area contributed by atoms with Crippen molar-refractivity contribution in [1.29, 1.82) is 0 Å². The Kier molecular flexibility index (Phi) is 6.55. The molecule has 0 radical (unpaired) electrons. The zero-order chi connectivity index (χ0) is 14.9.